The van der Waals surface area contributed by atoms with Crippen molar-refractivity contribution < 1.29 is 14.3 Å². The van der Waals surface area contributed by atoms with Crippen molar-refractivity contribution in [1.82, 2.24) is 10.2 Å². The van der Waals surface area contributed by atoms with E-state index in [4.69, 9.17) is 4.74 Å². The van der Waals surface area contributed by atoms with Crippen LogP contribution in [-0.4, -0.2) is 49.6 Å². The number of amides is 2. The molecule has 4 aliphatic carbocycles. The molecule has 4 saturated carbocycles. The van der Waals surface area contributed by atoms with Crippen molar-refractivity contribution in [3.63, 3.8) is 0 Å². The zero-order chi connectivity index (χ0) is 15.3. The van der Waals surface area contributed by atoms with Crippen LogP contribution in [0.1, 0.15) is 38.5 Å². The molecule has 5 fully saturated rings. The molecule has 1 heterocycles. The van der Waals surface area contributed by atoms with E-state index in [1.54, 1.807) is 11.9 Å². The Kier molecular flexibility index (Phi) is 3.44. The Labute approximate surface area is 131 Å². The van der Waals surface area contributed by atoms with Gasteiger partial charge in [0.15, 0.2) is 0 Å². The van der Waals surface area contributed by atoms with Gasteiger partial charge < -0.3 is 15.0 Å². The van der Waals surface area contributed by atoms with Crippen molar-refractivity contribution >= 4 is 11.8 Å². The Bertz CT molecular complexity index is 455. The summed E-state index contributed by atoms with van der Waals surface area (Å²) >= 11 is 0. The van der Waals surface area contributed by atoms with Gasteiger partial charge in [-0.15, -0.1) is 0 Å². The van der Waals surface area contributed by atoms with E-state index in [1.165, 1.54) is 19.3 Å². The topological polar surface area (TPSA) is 58.6 Å². The number of carbonyl (C=O) groups excluding carboxylic acids is 2. The lowest BCUT2D eigenvalue weighted by atomic mass is 9.49. The van der Waals surface area contributed by atoms with Gasteiger partial charge >= 0.3 is 0 Å². The van der Waals surface area contributed by atoms with E-state index >= 15 is 0 Å². The highest BCUT2D eigenvalue weighted by atomic mass is 16.5. The molecule has 0 aromatic carbocycles. The largest absolute Gasteiger partial charge is 0.365 e. The fraction of sp³-hybridized carbons (Fsp3) is 0.882. The summed E-state index contributed by atoms with van der Waals surface area (Å²) in [5.41, 5.74) is -0.0921. The lowest BCUT2D eigenvalue weighted by molar-refractivity contribution is -0.150. The number of hydrogen-bond donors (Lipinski definition) is 1. The van der Waals surface area contributed by atoms with E-state index in [9.17, 15) is 9.59 Å². The van der Waals surface area contributed by atoms with Crippen LogP contribution in [0, 0.1) is 23.2 Å². The molecule has 5 rings (SSSR count). The molecule has 5 nitrogen and oxygen atoms in total. The number of likely N-dealkylation sites (N-methyl/N-ethyl adjacent to an activating group) is 1. The second-order valence-corrected chi connectivity index (χ2v) is 8.12. The maximum absolute atomic E-state index is 12.8. The first-order valence-electron chi connectivity index (χ1n) is 8.68. The zero-order valence-electron chi connectivity index (χ0n) is 13.3. The molecule has 4 bridgehead atoms. The van der Waals surface area contributed by atoms with Crippen LogP contribution in [0.5, 0.6) is 0 Å². The quantitative estimate of drug-likeness (QED) is 0.852. The SMILES string of the molecule is CN1CC(CNC(=O)C23CC4CC(CC(C4)C2)C3)OCC1=O. The number of carbonyl (C=O) groups is 2. The number of hydrogen-bond acceptors (Lipinski definition) is 3. The van der Waals surface area contributed by atoms with Crippen LogP contribution >= 0.6 is 0 Å². The van der Waals surface area contributed by atoms with E-state index < -0.39 is 0 Å². The van der Waals surface area contributed by atoms with Gasteiger partial charge in [-0.1, -0.05) is 0 Å². The number of nitrogens with one attached hydrogen (secondary N) is 1. The van der Waals surface area contributed by atoms with Crippen molar-refractivity contribution in [2.45, 2.75) is 44.6 Å². The van der Waals surface area contributed by atoms with Gasteiger partial charge in [-0.2, -0.15) is 0 Å². The lowest BCUT2D eigenvalue weighted by Crippen LogP contribution is -2.55. The molecule has 1 atom stereocenters. The number of nitrogens with zero attached hydrogens (tertiary/aromatic N) is 1. The van der Waals surface area contributed by atoms with Gasteiger partial charge in [0.2, 0.25) is 11.8 Å². The van der Waals surface area contributed by atoms with E-state index in [1.807, 2.05) is 0 Å². The van der Waals surface area contributed by atoms with Crippen molar-refractivity contribution in [3.05, 3.63) is 0 Å². The van der Waals surface area contributed by atoms with Crippen LogP contribution < -0.4 is 5.32 Å². The van der Waals surface area contributed by atoms with Gasteiger partial charge in [0.1, 0.15) is 6.61 Å². The molecule has 122 valence electrons. The number of morpholine rings is 1. The standard InChI is InChI=1S/C17H26N2O3/c1-19-9-14(22-10-15(19)20)8-18-16(21)17-5-11-2-12(6-17)4-13(3-11)7-17/h11-14H,2-10H2,1H3,(H,18,21). The molecule has 0 radical (unpaired) electrons. The summed E-state index contributed by atoms with van der Waals surface area (Å²) in [5, 5.41) is 3.14. The van der Waals surface area contributed by atoms with Gasteiger partial charge in [-0.25, -0.2) is 0 Å². The minimum atomic E-state index is -0.0921. The summed E-state index contributed by atoms with van der Waals surface area (Å²) in [7, 11) is 1.79. The van der Waals surface area contributed by atoms with Crippen molar-refractivity contribution in [1.29, 1.82) is 0 Å². The van der Waals surface area contributed by atoms with Crippen LogP contribution in [0.3, 0.4) is 0 Å². The molecule has 1 N–H and O–H groups in total. The highest BCUT2D eigenvalue weighted by molar-refractivity contribution is 5.83. The first kappa shape index (κ1) is 14.5. The second-order valence-electron chi connectivity index (χ2n) is 8.12. The first-order chi connectivity index (χ1) is 10.5. The molecule has 2 amide bonds. The fourth-order valence-electron chi connectivity index (χ4n) is 5.67. The Morgan fingerprint density at radius 2 is 1.82 bits per heavy atom. The third kappa shape index (κ3) is 2.43. The van der Waals surface area contributed by atoms with E-state index in [0.717, 1.165) is 37.0 Å². The first-order valence-corrected chi connectivity index (χ1v) is 8.68. The molecule has 5 aliphatic rings. The van der Waals surface area contributed by atoms with E-state index in [0.29, 0.717) is 13.1 Å². The summed E-state index contributed by atoms with van der Waals surface area (Å²) in [5.74, 6) is 2.61. The summed E-state index contributed by atoms with van der Waals surface area (Å²) < 4.78 is 5.52. The average Bonchev–Trinajstić information content (AvgIpc) is 2.46. The highest BCUT2D eigenvalue weighted by Gasteiger charge is 2.54. The molecule has 22 heavy (non-hydrogen) atoms. The molecule has 0 aromatic rings. The lowest BCUT2D eigenvalue weighted by Gasteiger charge is -2.55. The Balaban J connectivity index is 1.36. The Hall–Kier alpha value is -1.10. The predicted molar refractivity (Wildman–Crippen MR) is 81.0 cm³/mol. The molecule has 5 heteroatoms. The van der Waals surface area contributed by atoms with E-state index in [-0.39, 0.29) is 29.9 Å². The van der Waals surface area contributed by atoms with Gasteiger partial charge in [0.05, 0.1) is 6.10 Å². The minimum absolute atomic E-state index is 0.0173. The third-order valence-corrected chi connectivity index (χ3v) is 6.36. The average molecular weight is 306 g/mol. The van der Waals surface area contributed by atoms with Gasteiger partial charge in [-0.3, -0.25) is 9.59 Å². The van der Waals surface area contributed by atoms with Crippen LogP contribution in [0.4, 0.5) is 0 Å². The smallest absolute Gasteiger partial charge is 0.248 e. The minimum Gasteiger partial charge on any atom is -0.365 e. The fourth-order valence-corrected chi connectivity index (χ4v) is 5.67. The molecule has 0 spiro atoms. The maximum atomic E-state index is 12.8. The number of ether oxygens (including phenoxy) is 1. The highest BCUT2D eigenvalue weighted by Crippen LogP contribution is 2.60. The Morgan fingerprint density at radius 3 is 2.36 bits per heavy atom. The van der Waals surface area contributed by atoms with Crippen LogP contribution in [-0.2, 0) is 14.3 Å². The summed E-state index contributed by atoms with van der Waals surface area (Å²) in [6.45, 7) is 1.23. The summed E-state index contributed by atoms with van der Waals surface area (Å²) in [6, 6.07) is 0. The van der Waals surface area contributed by atoms with Gasteiger partial charge in [0, 0.05) is 25.6 Å². The normalized spacial score (nSPS) is 43.5. The zero-order valence-corrected chi connectivity index (χ0v) is 13.3. The maximum Gasteiger partial charge on any atom is 0.248 e. The molecular weight excluding hydrogens is 280 g/mol. The molecule has 1 aliphatic heterocycles. The van der Waals surface area contributed by atoms with Crippen LogP contribution in [0.15, 0.2) is 0 Å². The molecular formula is C17H26N2O3. The van der Waals surface area contributed by atoms with Crippen molar-refractivity contribution in [3.8, 4) is 0 Å². The van der Waals surface area contributed by atoms with Crippen LogP contribution in [0.2, 0.25) is 0 Å². The molecule has 1 unspecified atom stereocenters. The monoisotopic (exact) mass is 306 g/mol. The predicted octanol–water partition coefficient (Wildman–Crippen LogP) is 1.18. The number of rotatable bonds is 3. The van der Waals surface area contributed by atoms with Crippen molar-refractivity contribution in [2.75, 3.05) is 26.7 Å². The summed E-state index contributed by atoms with van der Waals surface area (Å²) in [6.07, 6.45) is 7.26. The Morgan fingerprint density at radius 1 is 1.23 bits per heavy atom. The van der Waals surface area contributed by atoms with Crippen LogP contribution in [0.25, 0.3) is 0 Å². The molecule has 0 aromatic heterocycles. The third-order valence-electron chi connectivity index (χ3n) is 6.36. The van der Waals surface area contributed by atoms with Gasteiger partial charge in [-0.05, 0) is 56.3 Å². The van der Waals surface area contributed by atoms with Gasteiger partial charge in [0.25, 0.3) is 0 Å². The van der Waals surface area contributed by atoms with E-state index in [2.05, 4.69) is 5.32 Å². The second kappa shape index (κ2) is 5.22. The summed E-state index contributed by atoms with van der Waals surface area (Å²) in [4.78, 5) is 25.9. The van der Waals surface area contributed by atoms with Crippen molar-refractivity contribution in [2.24, 2.45) is 23.2 Å². The molecule has 1 saturated heterocycles.